The van der Waals surface area contributed by atoms with Crippen LogP contribution >= 0.6 is 0 Å². The topological polar surface area (TPSA) is 15.3 Å². The zero-order valence-electron chi connectivity index (χ0n) is 11.2. The first kappa shape index (κ1) is 12.0. The molecule has 0 aromatic heterocycles. The molecule has 0 spiro atoms. The van der Waals surface area contributed by atoms with Crippen molar-refractivity contribution in [2.24, 2.45) is 5.92 Å². The molecule has 3 fully saturated rings. The molecular formula is C15H28N2. The van der Waals surface area contributed by atoms with Crippen LogP contribution in [0.15, 0.2) is 0 Å². The average molecular weight is 236 g/mol. The molecule has 1 atom stereocenters. The minimum atomic E-state index is 0.810. The molecule has 1 N–H and O–H groups in total. The van der Waals surface area contributed by atoms with Crippen LogP contribution in [0.2, 0.25) is 0 Å². The minimum absolute atomic E-state index is 0.810. The Labute approximate surface area is 106 Å². The fraction of sp³-hybridized carbons (Fsp3) is 1.00. The smallest absolute Gasteiger partial charge is 0.0223 e. The standard InChI is InChI=1S/C15H28N2/c1-2-6-13(7-3-1)15-12-17(11-10-16-15)14-8-4-5-9-14/h13-16H,1-12H2. The van der Waals surface area contributed by atoms with E-state index in [0.717, 1.165) is 18.0 Å². The summed E-state index contributed by atoms with van der Waals surface area (Å²) in [6.07, 6.45) is 13.3. The molecule has 3 rings (SSSR count). The van der Waals surface area contributed by atoms with Crippen molar-refractivity contribution in [3.63, 3.8) is 0 Å². The Morgan fingerprint density at radius 3 is 2.29 bits per heavy atom. The summed E-state index contributed by atoms with van der Waals surface area (Å²) in [5.74, 6) is 0.980. The van der Waals surface area contributed by atoms with Crippen molar-refractivity contribution in [3.8, 4) is 0 Å². The molecule has 3 aliphatic rings. The molecule has 1 unspecified atom stereocenters. The first-order valence-electron chi connectivity index (χ1n) is 7.91. The molecule has 1 aliphatic heterocycles. The van der Waals surface area contributed by atoms with Crippen LogP contribution in [0.3, 0.4) is 0 Å². The maximum atomic E-state index is 3.80. The van der Waals surface area contributed by atoms with E-state index in [1.165, 1.54) is 77.4 Å². The molecule has 2 saturated carbocycles. The molecule has 2 aliphatic carbocycles. The molecule has 1 saturated heterocycles. The van der Waals surface area contributed by atoms with Crippen molar-refractivity contribution >= 4 is 0 Å². The van der Waals surface area contributed by atoms with Crippen LogP contribution in [0.5, 0.6) is 0 Å². The Kier molecular flexibility index (Phi) is 4.02. The van der Waals surface area contributed by atoms with Crippen molar-refractivity contribution in [3.05, 3.63) is 0 Å². The molecule has 0 amide bonds. The second-order valence-electron chi connectivity index (χ2n) is 6.39. The van der Waals surface area contributed by atoms with Gasteiger partial charge in [0.05, 0.1) is 0 Å². The van der Waals surface area contributed by atoms with Crippen LogP contribution in [-0.4, -0.2) is 36.6 Å². The SMILES string of the molecule is C1CCC(C2CN(C3CCCC3)CCN2)CC1. The van der Waals surface area contributed by atoms with Crippen LogP contribution in [0, 0.1) is 5.92 Å². The number of nitrogens with one attached hydrogen (secondary N) is 1. The zero-order chi connectivity index (χ0) is 11.5. The Bertz CT molecular complexity index is 229. The lowest BCUT2D eigenvalue weighted by Gasteiger charge is -2.41. The maximum Gasteiger partial charge on any atom is 0.0223 e. The molecule has 2 nitrogen and oxygen atoms in total. The van der Waals surface area contributed by atoms with E-state index in [0.29, 0.717) is 0 Å². The van der Waals surface area contributed by atoms with Gasteiger partial charge in [0.25, 0.3) is 0 Å². The van der Waals surface area contributed by atoms with E-state index in [4.69, 9.17) is 0 Å². The molecule has 1 heterocycles. The fourth-order valence-electron chi connectivity index (χ4n) is 4.26. The molecule has 0 radical (unpaired) electrons. The van der Waals surface area contributed by atoms with Gasteiger partial charge in [-0.25, -0.2) is 0 Å². The molecule has 0 bridgehead atoms. The summed E-state index contributed by atoms with van der Waals surface area (Å²) in [6, 6.07) is 1.74. The first-order valence-corrected chi connectivity index (χ1v) is 7.91. The van der Waals surface area contributed by atoms with Crippen LogP contribution in [-0.2, 0) is 0 Å². The molecule has 98 valence electrons. The van der Waals surface area contributed by atoms with Gasteiger partial charge >= 0.3 is 0 Å². The third-order valence-corrected chi connectivity index (χ3v) is 5.30. The molecule has 17 heavy (non-hydrogen) atoms. The number of nitrogens with zero attached hydrogens (tertiary/aromatic N) is 1. The van der Waals surface area contributed by atoms with Gasteiger partial charge in [-0.05, 0) is 31.6 Å². The summed E-state index contributed by atoms with van der Waals surface area (Å²) in [5.41, 5.74) is 0. The number of hydrogen-bond donors (Lipinski definition) is 1. The lowest BCUT2D eigenvalue weighted by molar-refractivity contribution is 0.110. The molecule has 2 heteroatoms. The summed E-state index contributed by atoms with van der Waals surface area (Å²) in [5, 5.41) is 3.80. The Balaban J connectivity index is 1.54. The van der Waals surface area contributed by atoms with E-state index in [9.17, 15) is 0 Å². The minimum Gasteiger partial charge on any atom is -0.311 e. The van der Waals surface area contributed by atoms with E-state index in [-0.39, 0.29) is 0 Å². The van der Waals surface area contributed by atoms with Gasteiger partial charge in [-0.3, -0.25) is 4.90 Å². The summed E-state index contributed by atoms with van der Waals surface area (Å²) in [4.78, 5) is 2.81. The summed E-state index contributed by atoms with van der Waals surface area (Å²) in [7, 11) is 0. The Morgan fingerprint density at radius 2 is 1.53 bits per heavy atom. The van der Waals surface area contributed by atoms with Crippen LogP contribution in [0.1, 0.15) is 57.8 Å². The highest BCUT2D eigenvalue weighted by Gasteiger charge is 2.31. The third-order valence-electron chi connectivity index (χ3n) is 5.30. The van der Waals surface area contributed by atoms with Gasteiger partial charge in [0.2, 0.25) is 0 Å². The predicted octanol–water partition coefficient (Wildman–Crippen LogP) is 2.78. The highest BCUT2D eigenvalue weighted by Crippen LogP contribution is 2.30. The Morgan fingerprint density at radius 1 is 0.824 bits per heavy atom. The van der Waals surface area contributed by atoms with Crippen molar-refractivity contribution in [1.29, 1.82) is 0 Å². The average Bonchev–Trinajstić information content (AvgIpc) is 2.94. The van der Waals surface area contributed by atoms with Crippen LogP contribution in [0.25, 0.3) is 0 Å². The van der Waals surface area contributed by atoms with Crippen LogP contribution < -0.4 is 5.32 Å². The van der Waals surface area contributed by atoms with Crippen molar-refractivity contribution in [2.75, 3.05) is 19.6 Å². The first-order chi connectivity index (χ1) is 8.43. The largest absolute Gasteiger partial charge is 0.311 e. The number of rotatable bonds is 2. The summed E-state index contributed by atoms with van der Waals surface area (Å²) < 4.78 is 0. The van der Waals surface area contributed by atoms with E-state index in [1.54, 1.807) is 0 Å². The van der Waals surface area contributed by atoms with Gasteiger partial charge < -0.3 is 5.32 Å². The van der Waals surface area contributed by atoms with Crippen LogP contribution in [0.4, 0.5) is 0 Å². The van der Waals surface area contributed by atoms with Crippen molar-refractivity contribution in [1.82, 2.24) is 10.2 Å². The lowest BCUT2D eigenvalue weighted by Crippen LogP contribution is -2.56. The molecule has 0 aromatic carbocycles. The molecular weight excluding hydrogens is 208 g/mol. The second kappa shape index (κ2) is 5.71. The Hall–Kier alpha value is -0.0800. The fourth-order valence-corrected chi connectivity index (χ4v) is 4.26. The van der Waals surface area contributed by atoms with Gasteiger partial charge in [-0.1, -0.05) is 32.1 Å². The monoisotopic (exact) mass is 236 g/mol. The van der Waals surface area contributed by atoms with E-state index in [1.807, 2.05) is 0 Å². The highest BCUT2D eigenvalue weighted by atomic mass is 15.2. The normalized spacial score (nSPS) is 34.2. The van der Waals surface area contributed by atoms with Crippen molar-refractivity contribution in [2.45, 2.75) is 69.9 Å². The van der Waals surface area contributed by atoms with E-state index >= 15 is 0 Å². The quantitative estimate of drug-likeness (QED) is 0.793. The summed E-state index contributed by atoms with van der Waals surface area (Å²) >= 11 is 0. The zero-order valence-corrected chi connectivity index (χ0v) is 11.2. The van der Waals surface area contributed by atoms with E-state index < -0.39 is 0 Å². The van der Waals surface area contributed by atoms with Gasteiger partial charge in [-0.15, -0.1) is 0 Å². The highest BCUT2D eigenvalue weighted by molar-refractivity contribution is 4.89. The van der Waals surface area contributed by atoms with E-state index in [2.05, 4.69) is 10.2 Å². The number of piperazine rings is 1. The van der Waals surface area contributed by atoms with Gasteiger partial charge in [-0.2, -0.15) is 0 Å². The third kappa shape index (κ3) is 2.85. The molecule has 0 aromatic rings. The number of hydrogen-bond acceptors (Lipinski definition) is 2. The van der Waals surface area contributed by atoms with Gasteiger partial charge in [0, 0.05) is 31.7 Å². The summed E-state index contributed by atoms with van der Waals surface area (Å²) in [6.45, 7) is 3.88. The van der Waals surface area contributed by atoms with Crippen molar-refractivity contribution < 1.29 is 0 Å². The maximum absolute atomic E-state index is 3.80. The second-order valence-corrected chi connectivity index (χ2v) is 6.39. The van der Waals surface area contributed by atoms with Gasteiger partial charge in [0.1, 0.15) is 0 Å². The predicted molar refractivity (Wildman–Crippen MR) is 72.2 cm³/mol. The lowest BCUT2D eigenvalue weighted by atomic mass is 9.83. The van der Waals surface area contributed by atoms with Gasteiger partial charge in [0.15, 0.2) is 0 Å².